The van der Waals surface area contributed by atoms with Crippen molar-refractivity contribution in [1.82, 2.24) is 9.88 Å². The zero-order chi connectivity index (χ0) is 13.1. The van der Waals surface area contributed by atoms with Crippen LogP contribution in [0.1, 0.15) is 25.3 Å². The second-order valence-corrected chi connectivity index (χ2v) is 5.76. The highest BCUT2D eigenvalue weighted by Crippen LogP contribution is 2.23. The van der Waals surface area contributed by atoms with Crippen LogP contribution < -0.4 is 5.32 Å². The van der Waals surface area contributed by atoms with Crippen molar-refractivity contribution in [3.63, 3.8) is 0 Å². The molecular formula is C14H22ClN3. The number of pyridine rings is 1. The predicted molar refractivity (Wildman–Crippen MR) is 77.3 cm³/mol. The fourth-order valence-corrected chi connectivity index (χ4v) is 2.65. The van der Waals surface area contributed by atoms with E-state index in [9.17, 15) is 0 Å². The number of likely N-dealkylation sites (tertiary alicyclic amines) is 1. The lowest BCUT2D eigenvalue weighted by atomic mass is 9.90. The van der Waals surface area contributed by atoms with Crippen LogP contribution in [0.25, 0.3) is 0 Å². The Labute approximate surface area is 115 Å². The number of halogens is 1. The topological polar surface area (TPSA) is 28.2 Å². The average molecular weight is 268 g/mol. The standard InChI is InChI=1S/C14H22ClN3/c1-10-8-13(9-16-14(10)15)17-11(2)12-4-6-18(3)7-5-12/h8-9,11-12,17H,4-7H2,1-3H3. The molecule has 2 heterocycles. The second-order valence-electron chi connectivity index (χ2n) is 5.41. The van der Waals surface area contributed by atoms with Crippen LogP contribution in [-0.2, 0) is 0 Å². The molecule has 1 saturated heterocycles. The zero-order valence-corrected chi connectivity index (χ0v) is 12.2. The van der Waals surface area contributed by atoms with E-state index in [0.717, 1.165) is 17.2 Å². The maximum atomic E-state index is 5.94. The van der Waals surface area contributed by atoms with Gasteiger partial charge in [0.15, 0.2) is 0 Å². The van der Waals surface area contributed by atoms with Crippen molar-refractivity contribution >= 4 is 17.3 Å². The molecule has 0 spiro atoms. The molecule has 0 radical (unpaired) electrons. The summed E-state index contributed by atoms with van der Waals surface area (Å²) in [4.78, 5) is 6.58. The van der Waals surface area contributed by atoms with Gasteiger partial charge in [-0.3, -0.25) is 0 Å². The molecule has 4 heteroatoms. The van der Waals surface area contributed by atoms with E-state index in [1.54, 1.807) is 0 Å². The quantitative estimate of drug-likeness (QED) is 0.853. The number of nitrogens with zero attached hydrogens (tertiary/aromatic N) is 2. The Bertz CT molecular complexity index is 400. The Morgan fingerprint density at radius 3 is 2.72 bits per heavy atom. The van der Waals surface area contributed by atoms with Gasteiger partial charge in [0.05, 0.1) is 11.9 Å². The van der Waals surface area contributed by atoms with E-state index < -0.39 is 0 Å². The number of hydrogen-bond acceptors (Lipinski definition) is 3. The Morgan fingerprint density at radius 2 is 2.11 bits per heavy atom. The van der Waals surface area contributed by atoms with Gasteiger partial charge < -0.3 is 10.2 Å². The van der Waals surface area contributed by atoms with Crippen molar-refractivity contribution in [2.24, 2.45) is 5.92 Å². The largest absolute Gasteiger partial charge is 0.381 e. The van der Waals surface area contributed by atoms with Crippen molar-refractivity contribution in [3.8, 4) is 0 Å². The summed E-state index contributed by atoms with van der Waals surface area (Å²) in [6.07, 6.45) is 4.36. The van der Waals surface area contributed by atoms with E-state index in [1.807, 2.05) is 13.1 Å². The molecule has 1 aromatic heterocycles. The summed E-state index contributed by atoms with van der Waals surface area (Å²) < 4.78 is 0. The molecule has 0 aliphatic carbocycles. The summed E-state index contributed by atoms with van der Waals surface area (Å²) in [6.45, 7) is 6.66. The molecular weight excluding hydrogens is 246 g/mol. The molecule has 1 aliphatic heterocycles. The maximum absolute atomic E-state index is 5.94. The van der Waals surface area contributed by atoms with Gasteiger partial charge in [-0.1, -0.05) is 11.6 Å². The molecule has 18 heavy (non-hydrogen) atoms. The van der Waals surface area contributed by atoms with Gasteiger partial charge in [0.25, 0.3) is 0 Å². The molecule has 0 saturated carbocycles. The van der Waals surface area contributed by atoms with E-state index in [1.165, 1.54) is 25.9 Å². The van der Waals surface area contributed by atoms with Crippen LogP contribution in [-0.4, -0.2) is 36.1 Å². The summed E-state index contributed by atoms with van der Waals surface area (Å²) in [5.41, 5.74) is 2.10. The predicted octanol–water partition coefficient (Wildman–Crippen LogP) is 3.19. The molecule has 1 aromatic rings. The van der Waals surface area contributed by atoms with Crippen molar-refractivity contribution < 1.29 is 0 Å². The number of piperidine rings is 1. The molecule has 1 fully saturated rings. The molecule has 0 bridgehead atoms. The Kier molecular flexibility index (Phi) is 4.46. The van der Waals surface area contributed by atoms with Gasteiger partial charge in [-0.05, 0) is 64.4 Å². The number of rotatable bonds is 3. The lowest BCUT2D eigenvalue weighted by molar-refractivity contribution is 0.208. The van der Waals surface area contributed by atoms with E-state index >= 15 is 0 Å². The molecule has 1 atom stereocenters. The molecule has 2 rings (SSSR count). The maximum Gasteiger partial charge on any atom is 0.132 e. The monoisotopic (exact) mass is 267 g/mol. The van der Waals surface area contributed by atoms with Crippen LogP contribution in [0.5, 0.6) is 0 Å². The van der Waals surface area contributed by atoms with Gasteiger partial charge >= 0.3 is 0 Å². The van der Waals surface area contributed by atoms with Gasteiger partial charge in [0.1, 0.15) is 5.15 Å². The first-order chi connectivity index (χ1) is 8.56. The smallest absolute Gasteiger partial charge is 0.132 e. The van der Waals surface area contributed by atoms with E-state index in [2.05, 4.69) is 35.2 Å². The first-order valence-corrected chi connectivity index (χ1v) is 7.01. The minimum Gasteiger partial charge on any atom is -0.381 e. The fraction of sp³-hybridized carbons (Fsp3) is 0.643. The van der Waals surface area contributed by atoms with Gasteiger partial charge in [-0.25, -0.2) is 4.98 Å². The lowest BCUT2D eigenvalue weighted by Gasteiger charge is -2.33. The Balaban J connectivity index is 1.94. The third-order valence-corrected chi connectivity index (χ3v) is 4.27. The van der Waals surface area contributed by atoms with Gasteiger partial charge in [0, 0.05) is 6.04 Å². The van der Waals surface area contributed by atoms with E-state index in [0.29, 0.717) is 11.2 Å². The molecule has 3 nitrogen and oxygen atoms in total. The van der Waals surface area contributed by atoms with Crippen LogP contribution in [0.15, 0.2) is 12.3 Å². The summed E-state index contributed by atoms with van der Waals surface area (Å²) in [5.74, 6) is 0.747. The van der Waals surface area contributed by atoms with E-state index in [4.69, 9.17) is 11.6 Å². The van der Waals surface area contributed by atoms with Gasteiger partial charge in [-0.2, -0.15) is 0 Å². The van der Waals surface area contributed by atoms with Crippen molar-refractivity contribution in [2.75, 3.05) is 25.5 Å². The zero-order valence-electron chi connectivity index (χ0n) is 11.4. The molecule has 1 N–H and O–H groups in total. The highest BCUT2D eigenvalue weighted by Gasteiger charge is 2.22. The summed E-state index contributed by atoms with van der Waals surface area (Å²) in [5, 5.41) is 4.15. The van der Waals surface area contributed by atoms with Crippen LogP contribution in [0.3, 0.4) is 0 Å². The second kappa shape index (κ2) is 5.89. The summed E-state index contributed by atoms with van der Waals surface area (Å²) in [7, 11) is 2.20. The first-order valence-electron chi connectivity index (χ1n) is 6.63. The van der Waals surface area contributed by atoms with E-state index in [-0.39, 0.29) is 0 Å². The van der Waals surface area contributed by atoms with Crippen LogP contribution in [0.4, 0.5) is 5.69 Å². The van der Waals surface area contributed by atoms with Gasteiger partial charge in [0.2, 0.25) is 0 Å². The summed E-state index contributed by atoms with van der Waals surface area (Å²) in [6, 6.07) is 2.56. The van der Waals surface area contributed by atoms with Crippen LogP contribution in [0, 0.1) is 12.8 Å². The lowest BCUT2D eigenvalue weighted by Crippen LogP contribution is -2.37. The number of hydrogen-bond donors (Lipinski definition) is 1. The van der Waals surface area contributed by atoms with Crippen LogP contribution in [0.2, 0.25) is 5.15 Å². The molecule has 100 valence electrons. The van der Waals surface area contributed by atoms with Crippen molar-refractivity contribution in [2.45, 2.75) is 32.7 Å². The summed E-state index contributed by atoms with van der Waals surface area (Å²) >= 11 is 5.94. The third-order valence-electron chi connectivity index (χ3n) is 3.88. The average Bonchev–Trinajstić information content (AvgIpc) is 2.34. The van der Waals surface area contributed by atoms with Crippen molar-refractivity contribution in [1.29, 1.82) is 0 Å². The van der Waals surface area contributed by atoms with Crippen LogP contribution >= 0.6 is 11.6 Å². The highest BCUT2D eigenvalue weighted by molar-refractivity contribution is 6.30. The molecule has 1 aliphatic rings. The first kappa shape index (κ1) is 13.6. The highest BCUT2D eigenvalue weighted by atomic mass is 35.5. The Morgan fingerprint density at radius 1 is 1.44 bits per heavy atom. The molecule has 0 aromatic carbocycles. The fourth-order valence-electron chi connectivity index (χ4n) is 2.55. The van der Waals surface area contributed by atoms with Crippen molar-refractivity contribution in [3.05, 3.63) is 23.0 Å². The third kappa shape index (κ3) is 3.36. The number of aryl methyl sites for hydroxylation is 1. The number of nitrogens with one attached hydrogen (secondary N) is 1. The number of aromatic nitrogens is 1. The minimum absolute atomic E-state index is 0.487. The minimum atomic E-state index is 0.487. The molecule has 0 amide bonds. The Hall–Kier alpha value is -0.800. The number of anilines is 1. The SMILES string of the molecule is Cc1cc(NC(C)C2CCN(C)CC2)cnc1Cl. The van der Waals surface area contributed by atoms with Gasteiger partial charge in [-0.15, -0.1) is 0 Å². The normalized spacial score (nSPS) is 19.8. The molecule has 1 unspecified atom stereocenters.